The van der Waals surface area contributed by atoms with Crippen molar-refractivity contribution in [2.24, 2.45) is 0 Å². The molecule has 4 aromatic rings. The molecule has 10 heteroatoms. The molecule has 0 unspecified atom stereocenters. The minimum Gasteiger partial charge on any atom is -0.497 e. The lowest BCUT2D eigenvalue weighted by Crippen LogP contribution is -2.19. The molecule has 0 aliphatic rings. The summed E-state index contributed by atoms with van der Waals surface area (Å²) in [4.78, 5) is 24.3. The molecule has 1 amide bonds. The van der Waals surface area contributed by atoms with Crippen LogP contribution in [0.1, 0.15) is 10.4 Å². The quantitative estimate of drug-likeness (QED) is 0.385. The first-order valence-corrected chi connectivity index (χ1v) is 11.5. The molecule has 9 nitrogen and oxygen atoms in total. The number of fused-ring (bicyclic) bond motifs is 1. The number of para-hydroxylation sites is 1. The van der Waals surface area contributed by atoms with Gasteiger partial charge in [0.05, 0.1) is 36.1 Å². The van der Waals surface area contributed by atoms with E-state index < -0.39 is 21.6 Å². The highest BCUT2D eigenvalue weighted by atomic mass is 32.2. The molecule has 1 heterocycles. The minimum atomic E-state index is -4.06. The number of amides is 1. The number of methoxy groups -OCH3 is 2. The van der Waals surface area contributed by atoms with Gasteiger partial charge in [0.25, 0.3) is 15.9 Å². The number of hydrogen-bond acceptors (Lipinski definition) is 7. The minimum absolute atomic E-state index is 0.0547. The number of rotatable bonds is 7. The molecule has 174 valence electrons. The van der Waals surface area contributed by atoms with Gasteiger partial charge in [-0.25, -0.2) is 13.2 Å². The van der Waals surface area contributed by atoms with Gasteiger partial charge in [-0.15, -0.1) is 0 Å². The summed E-state index contributed by atoms with van der Waals surface area (Å²) in [7, 11) is -1.08. The number of anilines is 2. The Balaban J connectivity index is 1.63. The Kier molecular flexibility index (Phi) is 6.24. The first-order chi connectivity index (χ1) is 16.3. The van der Waals surface area contributed by atoms with Gasteiger partial charge in [-0.2, -0.15) is 0 Å². The number of ether oxygens (including phenoxy) is 2. The van der Waals surface area contributed by atoms with E-state index in [0.717, 1.165) is 0 Å². The molecule has 0 spiro atoms. The van der Waals surface area contributed by atoms with Gasteiger partial charge in [0.2, 0.25) is 0 Å². The summed E-state index contributed by atoms with van der Waals surface area (Å²) in [6, 6.07) is 17.9. The lowest BCUT2D eigenvalue weighted by Gasteiger charge is -2.15. The molecule has 0 aliphatic carbocycles. The Morgan fingerprint density at radius 1 is 0.882 bits per heavy atom. The number of nitrogens with one attached hydrogen (secondary N) is 2. The fourth-order valence-electron chi connectivity index (χ4n) is 3.28. The van der Waals surface area contributed by atoms with E-state index in [9.17, 15) is 18.0 Å². The van der Waals surface area contributed by atoms with E-state index >= 15 is 0 Å². The third-order valence-electron chi connectivity index (χ3n) is 4.97. The average molecular weight is 480 g/mol. The standard InChI is InChI=1S/C24H20N2O7S/c1-31-16-8-10-20(22(14-16)32-2)25-24(28)18-5-3-4-6-19(18)26-34(29,30)17-9-11-21-15(13-17)7-12-23(27)33-21/h3-14,26H,1-2H3,(H,25,28). The summed E-state index contributed by atoms with van der Waals surface area (Å²) in [6.45, 7) is 0. The van der Waals surface area contributed by atoms with E-state index in [-0.39, 0.29) is 21.7 Å². The third-order valence-corrected chi connectivity index (χ3v) is 6.34. The number of sulfonamides is 1. The Bertz CT molecular complexity index is 1540. The summed E-state index contributed by atoms with van der Waals surface area (Å²) < 4.78 is 44.1. The highest BCUT2D eigenvalue weighted by Gasteiger charge is 2.20. The predicted molar refractivity (Wildman–Crippen MR) is 127 cm³/mol. The van der Waals surface area contributed by atoms with Crippen molar-refractivity contribution in [1.29, 1.82) is 0 Å². The molecule has 0 bridgehead atoms. The van der Waals surface area contributed by atoms with Crippen LogP contribution in [0.2, 0.25) is 0 Å². The molecule has 4 rings (SSSR count). The van der Waals surface area contributed by atoms with E-state index in [1.54, 1.807) is 30.3 Å². The van der Waals surface area contributed by atoms with Gasteiger partial charge in [0.15, 0.2) is 0 Å². The van der Waals surface area contributed by atoms with Crippen LogP contribution in [0.5, 0.6) is 11.5 Å². The second-order valence-corrected chi connectivity index (χ2v) is 8.81. The maximum Gasteiger partial charge on any atom is 0.336 e. The summed E-state index contributed by atoms with van der Waals surface area (Å²) >= 11 is 0. The van der Waals surface area contributed by atoms with E-state index in [4.69, 9.17) is 13.9 Å². The Labute approximate surface area is 195 Å². The van der Waals surface area contributed by atoms with Crippen molar-refractivity contribution in [3.8, 4) is 11.5 Å². The maximum atomic E-state index is 13.0. The molecule has 0 fully saturated rings. The zero-order valence-electron chi connectivity index (χ0n) is 18.2. The van der Waals surface area contributed by atoms with E-state index in [0.29, 0.717) is 22.6 Å². The Morgan fingerprint density at radius 3 is 2.44 bits per heavy atom. The van der Waals surface area contributed by atoms with Crippen LogP contribution in [0.15, 0.2) is 86.9 Å². The Morgan fingerprint density at radius 2 is 1.68 bits per heavy atom. The number of hydrogen-bond donors (Lipinski definition) is 2. The molecular weight excluding hydrogens is 460 g/mol. The summed E-state index contributed by atoms with van der Waals surface area (Å²) in [5, 5.41) is 3.17. The second kappa shape index (κ2) is 9.28. The first kappa shape index (κ1) is 22.9. The monoisotopic (exact) mass is 480 g/mol. The van der Waals surface area contributed by atoms with Gasteiger partial charge in [-0.05, 0) is 48.5 Å². The maximum absolute atomic E-state index is 13.0. The van der Waals surface area contributed by atoms with Crippen LogP contribution in [0.3, 0.4) is 0 Å². The van der Waals surface area contributed by atoms with E-state index in [1.165, 1.54) is 56.7 Å². The van der Waals surface area contributed by atoms with Crippen LogP contribution < -0.4 is 25.1 Å². The Hall–Kier alpha value is -4.31. The van der Waals surface area contributed by atoms with Crippen LogP contribution in [0.25, 0.3) is 11.0 Å². The van der Waals surface area contributed by atoms with Crippen molar-refractivity contribution in [3.05, 3.63) is 88.8 Å². The molecule has 3 aromatic carbocycles. The molecule has 34 heavy (non-hydrogen) atoms. The van der Waals surface area contributed by atoms with Crippen molar-refractivity contribution in [3.63, 3.8) is 0 Å². The van der Waals surface area contributed by atoms with Gasteiger partial charge in [0, 0.05) is 17.5 Å². The lowest BCUT2D eigenvalue weighted by molar-refractivity contribution is 0.102. The summed E-state index contributed by atoms with van der Waals surface area (Å²) in [5.74, 6) is 0.397. The zero-order valence-corrected chi connectivity index (χ0v) is 19.0. The number of carbonyl (C=O) groups excluding carboxylic acids is 1. The van der Waals surface area contributed by atoms with Gasteiger partial charge in [0.1, 0.15) is 17.1 Å². The fraction of sp³-hybridized carbons (Fsp3) is 0.0833. The van der Waals surface area contributed by atoms with Crippen LogP contribution in [-0.4, -0.2) is 28.5 Å². The molecule has 1 aromatic heterocycles. The highest BCUT2D eigenvalue weighted by Crippen LogP contribution is 2.30. The normalized spacial score (nSPS) is 11.1. The van der Waals surface area contributed by atoms with Gasteiger partial charge in [-0.1, -0.05) is 12.1 Å². The number of carbonyl (C=O) groups is 1. The lowest BCUT2D eigenvalue weighted by atomic mass is 10.1. The van der Waals surface area contributed by atoms with E-state index in [2.05, 4.69) is 10.0 Å². The molecular formula is C24H20N2O7S. The zero-order chi connectivity index (χ0) is 24.3. The second-order valence-electron chi connectivity index (χ2n) is 7.13. The van der Waals surface area contributed by atoms with Crippen LogP contribution in [0.4, 0.5) is 11.4 Å². The topological polar surface area (TPSA) is 124 Å². The van der Waals surface area contributed by atoms with Crippen molar-refractivity contribution >= 4 is 38.3 Å². The highest BCUT2D eigenvalue weighted by molar-refractivity contribution is 7.92. The first-order valence-electron chi connectivity index (χ1n) is 10.00. The molecule has 0 aliphatic heterocycles. The van der Waals surface area contributed by atoms with Crippen molar-refractivity contribution in [2.75, 3.05) is 24.3 Å². The number of benzene rings is 3. The molecule has 0 radical (unpaired) electrons. The van der Waals surface area contributed by atoms with Crippen LogP contribution >= 0.6 is 0 Å². The predicted octanol–water partition coefficient (Wildman–Crippen LogP) is 3.86. The smallest absolute Gasteiger partial charge is 0.336 e. The summed E-state index contributed by atoms with van der Waals surface area (Å²) in [5.41, 5.74) is 0.319. The van der Waals surface area contributed by atoms with Gasteiger partial charge in [-0.3, -0.25) is 9.52 Å². The van der Waals surface area contributed by atoms with Crippen LogP contribution in [0, 0.1) is 0 Å². The molecule has 2 N–H and O–H groups in total. The molecule has 0 saturated heterocycles. The average Bonchev–Trinajstić information content (AvgIpc) is 2.83. The van der Waals surface area contributed by atoms with Gasteiger partial charge < -0.3 is 19.2 Å². The largest absolute Gasteiger partial charge is 0.497 e. The summed E-state index contributed by atoms with van der Waals surface area (Å²) in [6.07, 6.45) is 0. The van der Waals surface area contributed by atoms with Gasteiger partial charge >= 0.3 is 5.63 Å². The van der Waals surface area contributed by atoms with Crippen molar-refractivity contribution < 1.29 is 27.1 Å². The molecule has 0 saturated carbocycles. The van der Waals surface area contributed by atoms with Crippen molar-refractivity contribution in [1.82, 2.24) is 0 Å². The van der Waals surface area contributed by atoms with E-state index in [1.807, 2.05) is 0 Å². The fourth-order valence-corrected chi connectivity index (χ4v) is 4.40. The third kappa shape index (κ3) is 4.71. The van der Waals surface area contributed by atoms with Crippen LogP contribution in [-0.2, 0) is 10.0 Å². The van der Waals surface area contributed by atoms with Crippen molar-refractivity contribution in [2.45, 2.75) is 4.90 Å². The SMILES string of the molecule is COc1ccc(NC(=O)c2ccccc2NS(=O)(=O)c2ccc3oc(=O)ccc3c2)c(OC)c1. The molecule has 0 atom stereocenters.